The molecule has 3 rings (SSSR count). The zero-order chi connectivity index (χ0) is 17.9. The Kier molecular flexibility index (Phi) is 4.47. The molecule has 0 aliphatic heterocycles. The normalized spacial score (nSPS) is 11.2. The van der Waals surface area contributed by atoms with Crippen molar-refractivity contribution in [2.24, 2.45) is 5.41 Å². The standard InChI is InChI=1S/C18H19N5O2/c1-18(2,3)17(24)22-13-4-6-14(7-5-13)25-16-10-15(20-11-21-16)23-9-8-19-12-23/h4-12H,1-3H3,(H,22,24). The SMILES string of the molecule is CC(C)(C)C(=O)Nc1ccc(Oc2cc(-n3ccnc3)ncn2)cc1. The molecule has 1 N–H and O–H groups in total. The third-order valence-corrected chi connectivity index (χ3v) is 3.41. The maximum Gasteiger partial charge on any atom is 0.229 e. The number of carbonyl (C=O) groups is 1. The monoisotopic (exact) mass is 337 g/mol. The summed E-state index contributed by atoms with van der Waals surface area (Å²) in [5, 5.41) is 2.87. The Hall–Kier alpha value is -3.22. The van der Waals surface area contributed by atoms with E-state index < -0.39 is 5.41 Å². The minimum Gasteiger partial charge on any atom is -0.439 e. The van der Waals surface area contributed by atoms with Crippen LogP contribution in [0.15, 0.2) is 55.4 Å². The highest BCUT2D eigenvalue weighted by Gasteiger charge is 2.21. The van der Waals surface area contributed by atoms with Gasteiger partial charge in [-0.2, -0.15) is 0 Å². The lowest BCUT2D eigenvalue weighted by Gasteiger charge is -2.17. The van der Waals surface area contributed by atoms with E-state index in [2.05, 4.69) is 20.3 Å². The third-order valence-electron chi connectivity index (χ3n) is 3.41. The Bertz CT molecular complexity index is 852. The van der Waals surface area contributed by atoms with Crippen molar-refractivity contribution in [3.05, 3.63) is 55.4 Å². The van der Waals surface area contributed by atoms with Crippen LogP contribution in [0.5, 0.6) is 11.6 Å². The molecular weight excluding hydrogens is 318 g/mol. The second-order valence-corrected chi connectivity index (χ2v) is 6.51. The molecule has 1 amide bonds. The zero-order valence-corrected chi connectivity index (χ0v) is 14.3. The van der Waals surface area contributed by atoms with Gasteiger partial charge in [-0.3, -0.25) is 9.36 Å². The van der Waals surface area contributed by atoms with Gasteiger partial charge in [-0.25, -0.2) is 15.0 Å². The first-order chi connectivity index (χ1) is 11.9. The maximum absolute atomic E-state index is 12.0. The lowest BCUT2D eigenvalue weighted by Crippen LogP contribution is -2.27. The lowest BCUT2D eigenvalue weighted by atomic mass is 9.95. The molecular formula is C18H19N5O2. The van der Waals surface area contributed by atoms with Crippen LogP contribution in [-0.4, -0.2) is 25.4 Å². The molecule has 0 unspecified atom stereocenters. The Morgan fingerprint density at radius 1 is 1.16 bits per heavy atom. The predicted octanol–water partition coefficient (Wildman–Crippen LogP) is 3.44. The van der Waals surface area contributed by atoms with Crippen LogP contribution in [0, 0.1) is 5.41 Å². The molecule has 7 heteroatoms. The van der Waals surface area contributed by atoms with Crippen LogP contribution in [0.2, 0.25) is 0 Å². The summed E-state index contributed by atoms with van der Waals surface area (Å²) >= 11 is 0. The van der Waals surface area contributed by atoms with E-state index in [0.29, 0.717) is 23.1 Å². The molecule has 0 radical (unpaired) electrons. The molecule has 2 heterocycles. The molecule has 0 saturated carbocycles. The first-order valence-corrected chi connectivity index (χ1v) is 7.81. The van der Waals surface area contributed by atoms with Crippen molar-refractivity contribution in [2.75, 3.05) is 5.32 Å². The number of imidazole rings is 1. The highest BCUT2D eigenvalue weighted by atomic mass is 16.5. The van der Waals surface area contributed by atoms with E-state index in [1.165, 1.54) is 6.33 Å². The summed E-state index contributed by atoms with van der Waals surface area (Å²) < 4.78 is 7.51. The highest BCUT2D eigenvalue weighted by molar-refractivity contribution is 5.94. The molecule has 0 aliphatic rings. The van der Waals surface area contributed by atoms with E-state index in [9.17, 15) is 4.79 Å². The van der Waals surface area contributed by atoms with Gasteiger partial charge in [0.25, 0.3) is 0 Å². The Balaban J connectivity index is 1.70. The number of hydrogen-bond donors (Lipinski definition) is 1. The van der Waals surface area contributed by atoms with Gasteiger partial charge in [-0.15, -0.1) is 0 Å². The number of aromatic nitrogens is 4. The van der Waals surface area contributed by atoms with Crippen LogP contribution in [0.25, 0.3) is 5.82 Å². The fourth-order valence-electron chi connectivity index (χ4n) is 1.97. The molecule has 0 spiro atoms. The Morgan fingerprint density at radius 2 is 1.92 bits per heavy atom. The van der Waals surface area contributed by atoms with E-state index in [-0.39, 0.29) is 5.91 Å². The molecule has 128 valence electrons. The predicted molar refractivity (Wildman–Crippen MR) is 93.8 cm³/mol. The van der Waals surface area contributed by atoms with Gasteiger partial charge in [0.1, 0.15) is 24.2 Å². The van der Waals surface area contributed by atoms with E-state index in [4.69, 9.17) is 4.74 Å². The van der Waals surface area contributed by atoms with Crippen LogP contribution in [-0.2, 0) is 4.79 Å². The van der Waals surface area contributed by atoms with Crippen molar-refractivity contribution >= 4 is 11.6 Å². The summed E-state index contributed by atoms with van der Waals surface area (Å²) in [6, 6.07) is 8.85. The second kappa shape index (κ2) is 6.72. The molecule has 0 atom stereocenters. The van der Waals surface area contributed by atoms with Crippen molar-refractivity contribution in [1.82, 2.24) is 19.5 Å². The molecule has 0 bridgehead atoms. The van der Waals surface area contributed by atoms with E-state index in [1.54, 1.807) is 53.6 Å². The van der Waals surface area contributed by atoms with Crippen molar-refractivity contribution < 1.29 is 9.53 Å². The van der Waals surface area contributed by atoms with E-state index >= 15 is 0 Å². The molecule has 2 aromatic heterocycles. The lowest BCUT2D eigenvalue weighted by molar-refractivity contribution is -0.123. The topological polar surface area (TPSA) is 81.9 Å². The quantitative estimate of drug-likeness (QED) is 0.788. The number of rotatable bonds is 4. The maximum atomic E-state index is 12.0. The van der Waals surface area contributed by atoms with Crippen LogP contribution < -0.4 is 10.1 Å². The number of nitrogens with one attached hydrogen (secondary N) is 1. The van der Waals surface area contributed by atoms with Gasteiger partial charge in [0, 0.05) is 29.6 Å². The summed E-state index contributed by atoms with van der Waals surface area (Å²) in [7, 11) is 0. The largest absolute Gasteiger partial charge is 0.439 e. The fraction of sp³-hybridized carbons (Fsp3) is 0.222. The number of benzene rings is 1. The van der Waals surface area contributed by atoms with Crippen LogP contribution in [0.3, 0.4) is 0 Å². The van der Waals surface area contributed by atoms with E-state index in [1.807, 2.05) is 20.8 Å². The third kappa shape index (κ3) is 4.20. The van der Waals surface area contributed by atoms with Crippen LogP contribution in [0.4, 0.5) is 5.69 Å². The van der Waals surface area contributed by atoms with Gasteiger partial charge in [0.2, 0.25) is 11.8 Å². The molecule has 0 fully saturated rings. The van der Waals surface area contributed by atoms with Crippen molar-refractivity contribution in [2.45, 2.75) is 20.8 Å². The molecule has 1 aromatic carbocycles. The average molecular weight is 337 g/mol. The summed E-state index contributed by atoms with van der Waals surface area (Å²) in [6.45, 7) is 5.60. The molecule has 3 aromatic rings. The van der Waals surface area contributed by atoms with Gasteiger partial charge in [0.15, 0.2) is 0 Å². The van der Waals surface area contributed by atoms with Crippen molar-refractivity contribution in [3.63, 3.8) is 0 Å². The number of carbonyl (C=O) groups excluding carboxylic acids is 1. The van der Waals surface area contributed by atoms with Gasteiger partial charge in [-0.05, 0) is 24.3 Å². The first kappa shape index (κ1) is 16.6. The van der Waals surface area contributed by atoms with Gasteiger partial charge in [0.05, 0.1) is 0 Å². The number of amides is 1. The summed E-state index contributed by atoms with van der Waals surface area (Å²) in [5.41, 5.74) is 0.272. The number of ether oxygens (including phenoxy) is 1. The summed E-state index contributed by atoms with van der Waals surface area (Å²) in [4.78, 5) is 24.3. The van der Waals surface area contributed by atoms with Gasteiger partial charge in [-0.1, -0.05) is 20.8 Å². The minimum absolute atomic E-state index is 0.0399. The molecule has 0 saturated heterocycles. The van der Waals surface area contributed by atoms with Gasteiger partial charge >= 0.3 is 0 Å². The molecule has 0 aliphatic carbocycles. The molecule has 7 nitrogen and oxygen atoms in total. The first-order valence-electron chi connectivity index (χ1n) is 7.81. The number of anilines is 1. The minimum atomic E-state index is -0.445. The Morgan fingerprint density at radius 3 is 2.56 bits per heavy atom. The smallest absolute Gasteiger partial charge is 0.229 e. The zero-order valence-electron chi connectivity index (χ0n) is 14.3. The summed E-state index contributed by atoms with van der Waals surface area (Å²) in [5.74, 6) is 1.66. The van der Waals surface area contributed by atoms with Crippen molar-refractivity contribution in [1.29, 1.82) is 0 Å². The number of hydrogen-bond acceptors (Lipinski definition) is 5. The fourth-order valence-corrected chi connectivity index (χ4v) is 1.97. The summed E-state index contributed by atoms with van der Waals surface area (Å²) in [6.07, 6.45) is 6.55. The van der Waals surface area contributed by atoms with E-state index in [0.717, 1.165) is 0 Å². The molecule has 25 heavy (non-hydrogen) atoms. The van der Waals surface area contributed by atoms with Crippen molar-refractivity contribution in [3.8, 4) is 17.4 Å². The van der Waals surface area contributed by atoms with Gasteiger partial charge < -0.3 is 10.1 Å². The Labute approximate surface area is 145 Å². The van der Waals surface area contributed by atoms with Crippen LogP contribution >= 0.6 is 0 Å². The highest BCUT2D eigenvalue weighted by Crippen LogP contribution is 2.23. The number of nitrogens with zero attached hydrogens (tertiary/aromatic N) is 4. The van der Waals surface area contributed by atoms with Crippen LogP contribution in [0.1, 0.15) is 20.8 Å². The second-order valence-electron chi connectivity index (χ2n) is 6.51. The average Bonchev–Trinajstić information content (AvgIpc) is 3.11.